The molecule has 19 heavy (non-hydrogen) atoms. The predicted octanol–water partition coefficient (Wildman–Crippen LogP) is 3.09. The molecule has 0 radical (unpaired) electrons. The van der Waals surface area contributed by atoms with Gasteiger partial charge in [-0.15, -0.1) is 11.6 Å². The molecule has 1 aliphatic rings. The first-order chi connectivity index (χ1) is 8.99. The highest BCUT2D eigenvalue weighted by Crippen LogP contribution is 2.26. The maximum Gasteiger partial charge on any atom is 0.283 e. The van der Waals surface area contributed by atoms with Crippen molar-refractivity contribution in [3.63, 3.8) is 0 Å². The molecular weight excluding hydrogens is 291 g/mol. The normalized spacial score (nSPS) is 19.3. The molecule has 1 atom stereocenters. The third-order valence-corrected chi connectivity index (χ3v) is 3.63. The lowest BCUT2D eigenvalue weighted by molar-refractivity contribution is -0.385. The highest BCUT2D eigenvalue weighted by molar-refractivity contribution is 6.31. The minimum Gasteiger partial charge on any atom is -0.337 e. The fourth-order valence-electron chi connectivity index (χ4n) is 2.12. The number of amides is 1. The number of hydrogen-bond acceptors (Lipinski definition) is 3. The Bertz CT molecular complexity index is 522. The molecule has 0 bridgehead atoms. The monoisotopic (exact) mass is 302 g/mol. The molecule has 0 N–H and O–H groups in total. The van der Waals surface area contributed by atoms with E-state index in [0.29, 0.717) is 13.1 Å². The molecule has 5 nitrogen and oxygen atoms in total. The number of nitro groups is 1. The maximum absolute atomic E-state index is 12.3. The summed E-state index contributed by atoms with van der Waals surface area (Å²) in [6.45, 7) is 0.988. The van der Waals surface area contributed by atoms with Crippen molar-refractivity contribution in [2.24, 2.45) is 0 Å². The molecule has 1 amide bonds. The van der Waals surface area contributed by atoms with Gasteiger partial charge in [-0.05, 0) is 25.0 Å². The Labute approximate surface area is 120 Å². The minimum atomic E-state index is -0.596. The van der Waals surface area contributed by atoms with Crippen LogP contribution in [0.3, 0.4) is 0 Å². The number of carbonyl (C=O) groups is 1. The number of carbonyl (C=O) groups excluding carboxylic acids is 1. The van der Waals surface area contributed by atoms with E-state index in [4.69, 9.17) is 23.2 Å². The third-order valence-electron chi connectivity index (χ3n) is 3.04. The zero-order valence-corrected chi connectivity index (χ0v) is 11.5. The summed E-state index contributed by atoms with van der Waals surface area (Å²) < 4.78 is 0. The molecule has 0 aromatic heterocycles. The summed E-state index contributed by atoms with van der Waals surface area (Å²) in [5.74, 6) is -0.367. The number of benzene rings is 1. The number of rotatable bonds is 2. The first kappa shape index (κ1) is 14.1. The Morgan fingerprint density at radius 3 is 2.84 bits per heavy atom. The molecule has 1 unspecified atom stereocenters. The number of piperidine rings is 1. The lowest BCUT2D eigenvalue weighted by Crippen LogP contribution is -2.40. The van der Waals surface area contributed by atoms with E-state index in [-0.39, 0.29) is 27.6 Å². The van der Waals surface area contributed by atoms with Crippen LogP contribution in [0.15, 0.2) is 18.2 Å². The van der Waals surface area contributed by atoms with Gasteiger partial charge in [0.15, 0.2) is 0 Å². The van der Waals surface area contributed by atoms with Crippen molar-refractivity contribution in [1.82, 2.24) is 4.90 Å². The Kier molecular flexibility index (Phi) is 4.27. The van der Waals surface area contributed by atoms with Gasteiger partial charge in [-0.1, -0.05) is 11.6 Å². The van der Waals surface area contributed by atoms with Crippen LogP contribution in [-0.2, 0) is 0 Å². The van der Waals surface area contributed by atoms with Gasteiger partial charge in [0.2, 0.25) is 0 Å². The van der Waals surface area contributed by atoms with Crippen LogP contribution in [0, 0.1) is 10.1 Å². The summed E-state index contributed by atoms with van der Waals surface area (Å²) in [5, 5.41) is 11.1. The SMILES string of the molecule is O=C(c1ccc(Cl)cc1[N+](=O)[O-])N1CCCC(Cl)C1. The number of alkyl halides is 1. The summed E-state index contributed by atoms with van der Waals surface area (Å²) in [7, 11) is 0. The minimum absolute atomic E-state index is 0.0557. The molecule has 1 aromatic carbocycles. The zero-order chi connectivity index (χ0) is 14.0. The molecule has 2 rings (SSSR count). The predicted molar refractivity (Wildman–Crippen MR) is 72.9 cm³/mol. The van der Waals surface area contributed by atoms with Crippen LogP contribution in [0.25, 0.3) is 0 Å². The fraction of sp³-hybridized carbons (Fsp3) is 0.417. The molecular formula is C12H12Cl2N2O3. The van der Waals surface area contributed by atoms with Crippen LogP contribution in [0.2, 0.25) is 5.02 Å². The quantitative estimate of drug-likeness (QED) is 0.479. The van der Waals surface area contributed by atoms with E-state index in [1.54, 1.807) is 4.90 Å². The molecule has 102 valence electrons. The van der Waals surface area contributed by atoms with Gasteiger partial charge in [-0.2, -0.15) is 0 Å². The maximum atomic E-state index is 12.3. The standard InChI is InChI=1S/C12H12Cl2N2O3/c13-8-3-4-10(11(6-8)16(18)19)12(17)15-5-1-2-9(14)7-15/h3-4,6,9H,1-2,5,7H2. The third kappa shape index (κ3) is 3.16. The smallest absolute Gasteiger partial charge is 0.283 e. The van der Waals surface area contributed by atoms with Crippen LogP contribution >= 0.6 is 23.2 Å². The second kappa shape index (κ2) is 5.75. The van der Waals surface area contributed by atoms with E-state index in [1.807, 2.05) is 0 Å². The second-order valence-electron chi connectivity index (χ2n) is 4.41. The van der Waals surface area contributed by atoms with Crippen LogP contribution < -0.4 is 0 Å². The zero-order valence-electron chi connectivity index (χ0n) is 10.0. The number of nitrogens with zero attached hydrogens (tertiary/aromatic N) is 2. The summed E-state index contributed by atoms with van der Waals surface area (Å²) in [4.78, 5) is 24.2. The average Bonchev–Trinajstić information content (AvgIpc) is 2.37. The van der Waals surface area contributed by atoms with Crippen molar-refractivity contribution in [3.8, 4) is 0 Å². The van der Waals surface area contributed by atoms with Gasteiger partial charge in [-0.25, -0.2) is 0 Å². The van der Waals surface area contributed by atoms with Crippen molar-refractivity contribution in [1.29, 1.82) is 0 Å². The molecule has 0 spiro atoms. The topological polar surface area (TPSA) is 63.4 Å². The molecule has 1 saturated heterocycles. The van der Waals surface area contributed by atoms with Crippen molar-refractivity contribution in [2.45, 2.75) is 18.2 Å². The summed E-state index contributed by atoms with van der Waals surface area (Å²) in [6.07, 6.45) is 1.66. The van der Waals surface area contributed by atoms with Gasteiger partial charge >= 0.3 is 0 Å². The summed E-state index contributed by atoms with van der Waals surface area (Å²) >= 11 is 11.7. The largest absolute Gasteiger partial charge is 0.337 e. The molecule has 0 aliphatic carbocycles. The molecule has 7 heteroatoms. The van der Waals surface area contributed by atoms with Gasteiger partial charge in [0, 0.05) is 24.2 Å². The van der Waals surface area contributed by atoms with E-state index in [1.165, 1.54) is 18.2 Å². The Morgan fingerprint density at radius 2 is 2.21 bits per heavy atom. The molecule has 1 aliphatic heterocycles. The van der Waals surface area contributed by atoms with Crippen molar-refractivity contribution in [2.75, 3.05) is 13.1 Å². The number of halogens is 2. The summed E-state index contributed by atoms with van der Waals surface area (Å²) in [5.41, 5.74) is -0.214. The molecule has 1 fully saturated rings. The van der Waals surface area contributed by atoms with Gasteiger partial charge < -0.3 is 4.90 Å². The first-order valence-electron chi connectivity index (χ1n) is 5.86. The van der Waals surface area contributed by atoms with Crippen molar-refractivity contribution < 1.29 is 9.72 Å². The van der Waals surface area contributed by atoms with E-state index < -0.39 is 4.92 Å². The second-order valence-corrected chi connectivity index (χ2v) is 5.46. The van der Waals surface area contributed by atoms with Crippen molar-refractivity contribution in [3.05, 3.63) is 38.9 Å². The Morgan fingerprint density at radius 1 is 1.47 bits per heavy atom. The number of nitro benzene ring substituents is 1. The average molecular weight is 303 g/mol. The molecule has 1 aromatic rings. The fourth-order valence-corrected chi connectivity index (χ4v) is 2.60. The highest BCUT2D eigenvalue weighted by atomic mass is 35.5. The highest BCUT2D eigenvalue weighted by Gasteiger charge is 2.28. The van der Waals surface area contributed by atoms with Gasteiger partial charge in [0.1, 0.15) is 5.56 Å². The summed E-state index contributed by atoms with van der Waals surface area (Å²) in [6, 6.07) is 4.06. The number of likely N-dealkylation sites (tertiary alicyclic amines) is 1. The van der Waals surface area contributed by atoms with E-state index in [9.17, 15) is 14.9 Å². The first-order valence-corrected chi connectivity index (χ1v) is 6.68. The van der Waals surface area contributed by atoms with Crippen LogP contribution in [0.4, 0.5) is 5.69 Å². The van der Waals surface area contributed by atoms with E-state index in [0.717, 1.165) is 12.8 Å². The number of hydrogen-bond donors (Lipinski definition) is 0. The van der Waals surface area contributed by atoms with Gasteiger partial charge in [0.05, 0.1) is 10.3 Å². The molecule has 1 heterocycles. The Hall–Kier alpha value is -1.33. The molecule has 0 saturated carbocycles. The lowest BCUT2D eigenvalue weighted by atomic mass is 10.1. The van der Waals surface area contributed by atoms with E-state index >= 15 is 0 Å². The lowest BCUT2D eigenvalue weighted by Gasteiger charge is -2.29. The van der Waals surface area contributed by atoms with Crippen molar-refractivity contribution >= 4 is 34.8 Å². The van der Waals surface area contributed by atoms with Crippen LogP contribution in [-0.4, -0.2) is 34.2 Å². The van der Waals surface area contributed by atoms with E-state index in [2.05, 4.69) is 0 Å². The van der Waals surface area contributed by atoms with Gasteiger partial charge in [-0.3, -0.25) is 14.9 Å². The Balaban J connectivity index is 2.30. The van der Waals surface area contributed by atoms with Crippen LogP contribution in [0.1, 0.15) is 23.2 Å². The van der Waals surface area contributed by atoms with Gasteiger partial charge in [0.25, 0.3) is 11.6 Å². The van der Waals surface area contributed by atoms with Crippen LogP contribution in [0.5, 0.6) is 0 Å².